The number of nitrogens with one attached hydrogen (secondary N) is 1. The summed E-state index contributed by atoms with van der Waals surface area (Å²) in [5.74, 6) is -0.0729. The van der Waals surface area contributed by atoms with Crippen LogP contribution >= 0.6 is 12.4 Å². The van der Waals surface area contributed by atoms with Crippen LogP contribution in [0.4, 0.5) is 4.79 Å². The van der Waals surface area contributed by atoms with Gasteiger partial charge in [-0.15, -0.1) is 12.4 Å². The predicted molar refractivity (Wildman–Crippen MR) is 107 cm³/mol. The Labute approximate surface area is 171 Å². The van der Waals surface area contributed by atoms with E-state index in [1.54, 1.807) is 0 Å². The van der Waals surface area contributed by atoms with Crippen LogP contribution in [0.3, 0.4) is 0 Å². The molecular formula is C20H28ClN3O4. The number of carbonyl (C=O) groups excluding carboxylic acids is 2. The second-order valence-corrected chi connectivity index (χ2v) is 7.43. The lowest BCUT2D eigenvalue weighted by molar-refractivity contribution is -0.138. The highest BCUT2D eigenvalue weighted by Gasteiger charge is 2.57. The van der Waals surface area contributed by atoms with Gasteiger partial charge in [0.05, 0.1) is 32.5 Å². The molecule has 154 valence electrons. The van der Waals surface area contributed by atoms with Crippen molar-refractivity contribution >= 4 is 24.3 Å². The molecule has 3 aliphatic rings. The van der Waals surface area contributed by atoms with Crippen LogP contribution < -0.4 is 5.32 Å². The summed E-state index contributed by atoms with van der Waals surface area (Å²) in [5.41, 5.74) is 0.455. The van der Waals surface area contributed by atoms with Gasteiger partial charge in [0, 0.05) is 6.54 Å². The second-order valence-electron chi connectivity index (χ2n) is 7.43. The van der Waals surface area contributed by atoms with Gasteiger partial charge >= 0.3 is 6.03 Å². The minimum absolute atomic E-state index is 0. The Morgan fingerprint density at radius 2 is 1.86 bits per heavy atom. The third-order valence-electron chi connectivity index (χ3n) is 5.79. The third kappa shape index (κ3) is 4.03. The maximum atomic E-state index is 13.3. The average molecular weight is 410 g/mol. The Balaban J connectivity index is 0.00000225. The molecule has 7 nitrogen and oxygen atoms in total. The van der Waals surface area contributed by atoms with Gasteiger partial charge in [0.25, 0.3) is 5.91 Å². The fourth-order valence-electron chi connectivity index (χ4n) is 4.31. The number of rotatable bonds is 5. The van der Waals surface area contributed by atoms with Crippen molar-refractivity contribution in [1.29, 1.82) is 0 Å². The molecule has 3 aliphatic heterocycles. The number of amides is 3. The number of urea groups is 1. The molecule has 4 rings (SSSR count). The summed E-state index contributed by atoms with van der Waals surface area (Å²) < 4.78 is 11.1. The van der Waals surface area contributed by atoms with E-state index >= 15 is 0 Å². The quantitative estimate of drug-likeness (QED) is 0.745. The van der Waals surface area contributed by atoms with Crippen LogP contribution in [0.15, 0.2) is 30.3 Å². The third-order valence-corrected chi connectivity index (χ3v) is 5.79. The minimum atomic E-state index is -0.716. The monoisotopic (exact) mass is 409 g/mol. The van der Waals surface area contributed by atoms with Crippen LogP contribution in [0, 0.1) is 0 Å². The fraction of sp³-hybridized carbons (Fsp3) is 0.600. The van der Waals surface area contributed by atoms with Crippen molar-refractivity contribution in [1.82, 2.24) is 15.1 Å². The van der Waals surface area contributed by atoms with Gasteiger partial charge in [0.2, 0.25) is 0 Å². The lowest BCUT2D eigenvalue weighted by Crippen LogP contribution is -2.56. The van der Waals surface area contributed by atoms with Gasteiger partial charge in [-0.2, -0.15) is 0 Å². The molecule has 0 bridgehead atoms. The first-order valence-corrected chi connectivity index (χ1v) is 9.78. The van der Waals surface area contributed by atoms with Crippen LogP contribution in [-0.4, -0.2) is 79.4 Å². The van der Waals surface area contributed by atoms with Gasteiger partial charge in [-0.3, -0.25) is 9.69 Å². The van der Waals surface area contributed by atoms with E-state index in [0.29, 0.717) is 39.2 Å². The van der Waals surface area contributed by atoms with Gasteiger partial charge < -0.3 is 19.7 Å². The summed E-state index contributed by atoms with van der Waals surface area (Å²) in [6, 6.07) is 9.91. The number of benzene rings is 1. The molecule has 1 spiro atoms. The van der Waals surface area contributed by atoms with Crippen molar-refractivity contribution in [2.75, 3.05) is 46.0 Å². The number of hydrogen-bond acceptors (Lipinski definition) is 5. The topological polar surface area (TPSA) is 71.1 Å². The van der Waals surface area contributed by atoms with Crippen LogP contribution in [0.1, 0.15) is 18.4 Å². The van der Waals surface area contributed by atoms with Crippen molar-refractivity contribution in [3.8, 4) is 0 Å². The van der Waals surface area contributed by atoms with Gasteiger partial charge in [-0.05, 0) is 37.9 Å². The maximum absolute atomic E-state index is 13.3. The average Bonchev–Trinajstić information content (AvgIpc) is 2.90. The molecule has 1 aromatic carbocycles. The highest BCUT2D eigenvalue weighted by Crippen LogP contribution is 2.36. The number of ether oxygens (including phenoxy) is 2. The minimum Gasteiger partial charge on any atom is -0.376 e. The van der Waals surface area contributed by atoms with Crippen molar-refractivity contribution in [3.05, 3.63) is 35.9 Å². The van der Waals surface area contributed by atoms with Crippen molar-refractivity contribution < 1.29 is 19.1 Å². The zero-order valence-corrected chi connectivity index (χ0v) is 16.8. The molecule has 0 radical (unpaired) electrons. The van der Waals surface area contributed by atoms with Crippen LogP contribution in [0.25, 0.3) is 0 Å². The number of nitrogens with zero attached hydrogens (tertiary/aromatic N) is 2. The smallest absolute Gasteiger partial charge is 0.327 e. The SMILES string of the molecule is Cl.O=C1N(CC2COCCO2)C(=O)C2(CCNCC2)N1CCc1ccccc1. The van der Waals surface area contributed by atoms with E-state index < -0.39 is 5.54 Å². The van der Waals surface area contributed by atoms with Crippen LogP contribution in [-0.2, 0) is 20.7 Å². The molecule has 1 atom stereocenters. The molecule has 0 aromatic heterocycles. The first kappa shape index (κ1) is 21.0. The summed E-state index contributed by atoms with van der Waals surface area (Å²) in [5, 5.41) is 3.31. The van der Waals surface area contributed by atoms with Gasteiger partial charge in [-0.1, -0.05) is 30.3 Å². The number of carbonyl (C=O) groups is 2. The lowest BCUT2D eigenvalue weighted by Gasteiger charge is -2.38. The molecule has 0 saturated carbocycles. The Bertz CT molecular complexity index is 675. The fourth-order valence-corrected chi connectivity index (χ4v) is 4.31. The Morgan fingerprint density at radius 3 is 2.54 bits per heavy atom. The molecule has 3 saturated heterocycles. The van der Waals surface area contributed by atoms with Crippen LogP contribution in [0.2, 0.25) is 0 Å². The van der Waals surface area contributed by atoms with Crippen LogP contribution in [0.5, 0.6) is 0 Å². The number of hydrogen-bond donors (Lipinski definition) is 1. The molecular weight excluding hydrogens is 382 g/mol. The Kier molecular flexibility index (Phi) is 6.93. The van der Waals surface area contributed by atoms with Gasteiger partial charge in [-0.25, -0.2) is 4.79 Å². The summed E-state index contributed by atoms with van der Waals surface area (Å²) in [4.78, 5) is 29.7. The van der Waals surface area contributed by atoms with E-state index in [-0.39, 0.29) is 37.0 Å². The van der Waals surface area contributed by atoms with E-state index in [2.05, 4.69) is 17.4 Å². The van der Waals surface area contributed by atoms with Gasteiger partial charge in [0.1, 0.15) is 5.54 Å². The molecule has 8 heteroatoms. The molecule has 1 unspecified atom stereocenters. The first-order chi connectivity index (χ1) is 13.2. The van der Waals surface area contributed by atoms with E-state index in [1.165, 1.54) is 10.5 Å². The summed E-state index contributed by atoms with van der Waals surface area (Å²) in [6.45, 7) is 3.82. The summed E-state index contributed by atoms with van der Waals surface area (Å²) in [7, 11) is 0. The van der Waals surface area contributed by atoms with Crippen molar-refractivity contribution in [3.63, 3.8) is 0 Å². The summed E-state index contributed by atoms with van der Waals surface area (Å²) in [6.07, 6.45) is 1.82. The first-order valence-electron chi connectivity index (χ1n) is 9.78. The molecule has 1 N–H and O–H groups in total. The zero-order chi connectivity index (χ0) is 18.7. The molecule has 3 amide bonds. The number of halogens is 1. The molecule has 28 heavy (non-hydrogen) atoms. The standard InChI is InChI=1S/C20H27N3O4.ClH/c24-18-20(7-9-21-10-8-20)23(11-6-16-4-2-1-3-5-16)19(25)22(18)14-17-15-26-12-13-27-17;/h1-5,17,21H,6-15H2;1H. The highest BCUT2D eigenvalue weighted by atomic mass is 35.5. The molecule has 0 aliphatic carbocycles. The maximum Gasteiger partial charge on any atom is 0.327 e. The number of piperidine rings is 1. The normalized spacial score (nSPS) is 24.5. The highest BCUT2D eigenvalue weighted by molar-refractivity contribution is 6.07. The van der Waals surface area contributed by atoms with E-state index in [0.717, 1.165) is 19.5 Å². The van der Waals surface area contributed by atoms with E-state index in [1.807, 2.05) is 23.1 Å². The Hall–Kier alpha value is -1.67. The number of imide groups is 1. The zero-order valence-electron chi connectivity index (χ0n) is 16.0. The van der Waals surface area contributed by atoms with Crippen molar-refractivity contribution in [2.45, 2.75) is 30.9 Å². The largest absolute Gasteiger partial charge is 0.376 e. The summed E-state index contributed by atoms with van der Waals surface area (Å²) >= 11 is 0. The molecule has 1 aromatic rings. The molecule has 3 fully saturated rings. The van der Waals surface area contributed by atoms with Crippen molar-refractivity contribution in [2.24, 2.45) is 0 Å². The second kappa shape index (κ2) is 9.22. The van der Waals surface area contributed by atoms with Gasteiger partial charge in [0.15, 0.2) is 0 Å². The molecule has 3 heterocycles. The lowest BCUT2D eigenvalue weighted by atomic mass is 9.86. The van der Waals surface area contributed by atoms with E-state index in [9.17, 15) is 9.59 Å². The van der Waals surface area contributed by atoms with E-state index in [4.69, 9.17) is 9.47 Å². The Morgan fingerprint density at radius 1 is 1.11 bits per heavy atom. The predicted octanol–water partition coefficient (Wildman–Crippen LogP) is 1.45.